The Morgan fingerprint density at radius 2 is 1.48 bits per heavy atom. The van der Waals surface area contributed by atoms with Gasteiger partial charge in [-0.3, -0.25) is 0 Å². The van der Waals surface area contributed by atoms with Crippen molar-refractivity contribution in [1.29, 1.82) is 0 Å². The van der Waals surface area contributed by atoms with Crippen LogP contribution in [0.2, 0.25) is 0 Å². The largest absolute Gasteiger partial charge is 0.388 e. The molecule has 0 aromatic carbocycles. The fraction of sp³-hybridized carbons (Fsp3) is 1.00. The number of rotatable bonds is 5. The van der Waals surface area contributed by atoms with Crippen LogP contribution in [0, 0.1) is 10.1 Å². The lowest BCUT2D eigenvalue weighted by Crippen LogP contribution is -2.33. The van der Waals surface area contributed by atoms with Crippen LogP contribution in [0.4, 0.5) is 0 Å². The maximum atomic E-state index is 10.5. The molecule has 4 saturated heterocycles. The zero-order valence-electron chi connectivity index (χ0n) is 12.0. The van der Waals surface area contributed by atoms with Crippen molar-refractivity contribution < 1.29 is 34.0 Å². The van der Waals surface area contributed by atoms with Gasteiger partial charge in [0.1, 0.15) is 30.5 Å². The molecule has 1 N–H and O–H groups in total. The predicted molar refractivity (Wildman–Crippen MR) is 79.6 cm³/mol. The summed E-state index contributed by atoms with van der Waals surface area (Å²) in [6, 6.07) is 0. The molecule has 4 unspecified atom stereocenters. The number of hydrogen-bond donors (Lipinski definition) is 1. The summed E-state index contributed by atoms with van der Waals surface area (Å²) in [4.78, 5) is 15.1. The third-order valence-electron chi connectivity index (χ3n) is 4.47. The second-order valence-electron chi connectivity index (χ2n) is 5.90. The van der Waals surface area contributed by atoms with Crippen LogP contribution in [-0.2, 0) is 23.8 Å². The van der Waals surface area contributed by atoms with Crippen molar-refractivity contribution in [3.63, 3.8) is 0 Å². The van der Waals surface area contributed by atoms with Crippen LogP contribution in [-0.4, -0.2) is 83.7 Å². The summed E-state index contributed by atoms with van der Waals surface area (Å²) in [5.74, 6) is 0. The second-order valence-corrected chi connectivity index (χ2v) is 8.65. The fourth-order valence-electron chi connectivity index (χ4n) is 3.38. The van der Waals surface area contributed by atoms with Gasteiger partial charge in [0.25, 0.3) is 5.09 Å². The zero-order valence-corrected chi connectivity index (χ0v) is 13.6. The quantitative estimate of drug-likeness (QED) is 0.393. The maximum Gasteiger partial charge on any atom is 0.294 e. The Balaban J connectivity index is 1.29. The van der Waals surface area contributed by atoms with Crippen LogP contribution in [0.5, 0.6) is 0 Å². The number of fused-ring (bicyclic) bond motifs is 2. The molecular formula is C12H17NO8S2. The van der Waals surface area contributed by atoms with E-state index in [0.717, 1.165) is 0 Å². The van der Waals surface area contributed by atoms with Crippen molar-refractivity contribution in [2.45, 2.75) is 47.1 Å². The van der Waals surface area contributed by atoms with Gasteiger partial charge in [-0.15, -0.1) is 10.1 Å². The van der Waals surface area contributed by atoms with Gasteiger partial charge in [-0.25, -0.2) is 0 Å². The van der Waals surface area contributed by atoms with E-state index in [1.807, 2.05) is 0 Å². The summed E-state index contributed by atoms with van der Waals surface area (Å²) in [7, 11) is 3.27. The summed E-state index contributed by atoms with van der Waals surface area (Å²) in [5.41, 5.74) is 0. The molecule has 0 aromatic rings. The minimum atomic E-state index is -0.798. The van der Waals surface area contributed by atoms with Crippen LogP contribution in [0.25, 0.3) is 0 Å². The molecular weight excluding hydrogens is 350 g/mol. The summed E-state index contributed by atoms with van der Waals surface area (Å²) in [6.45, 7) is 1.50. The SMILES string of the molecule is O=[N+]([O-])OC1CO[C@@H]2C(SSC3CO[C@@H]4C(O)CO[C@H]34)CO[C@H]12. The first-order valence-corrected chi connectivity index (χ1v) is 9.69. The van der Waals surface area contributed by atoms with Crippen molar-refractivity contribution in [3.05, 3.63) is 10.1 Å². The van der Waals surface area contributed by atoms with Crippen molar-refractivity contribution in [3.8, 4) is 0 Å². The lowest BCUT2D eigenvalue weighted by Gasteiger charge is -2.19. The summed E-state index contributed by atoms with van der Waals surface area (Å²) < 4.78 is 22.5. The van der Waals surface area contributed by atoms with E-state index in [0.29, 0.717) is 19.8 Å². The van der Waals surface area contributed by atoms with Crippen molar-refractivity contribution in [2.24, 2.45) is 0 Å². The average molecular weight is 367 g/mol. The van der Waals surface area contributed by atoms with Crippen LogP contribution < -0.4 is 0 Å². The molecule has 23 heavy (non-hydrogen) atoms. The van der Waals surface area contributed by atoms with Crippen LogP contribution >= 0.6 is 21.6 Å². The van der Waals surface area contributed by atoms with Gasteiger partial charge in [0.2, 0.25) is 0 Å². The van der Waals surface area contributed by atoms with E-state index >= 15 is 0 Å². The van der Waals surface area contributed by atoms with Gasteiger partial charge in [-0.2, -0.15) is 0 Å². The molecule has 0 saturated carbocycles. The Kier molecular flexibility index (Phi) is 4.60. The van der Waals surface area contributed by atoms with Gasteiger partial charge in [-0.05, 0) is 0 Å². The summed E-state index contributed by atoms with van der Waals surface area (Å²) in [6.07, 6.45) is -2.12. The van der Waals surface area contributed by atoms with Gasteiger partial charge in [-0.1, -0.05) is 21.6 Å². The first kappa shape index (κ1) is 16.2. The first-order valence-electron chi connectivity index (χ1n) is 7.41. The molecule has 4 aliphatic heterocycles. The predicted octanol–water partition coefficient (Wildman–Crippen LogP) is -0.362. The fourth-order valence-corrected chi connectivity index (χ4v) is 6.47. The van der Waals surface area contributed by atoms with Gasteiger partial charge in [0.15, 0.2) is 6.10 Å². The standard InChI is InChI=1S/C12H17NO8S2/c14-5-1-17-11-7(3-19-9(5)11)22-23-8-4-20-10-6(21-13(15)16)2-18-12(8)10/h5-12,14H,1-4H2/t5?,6?,7?,8?,9-,10-,11-,12-/m1/s1. The molecule has 0 amide bonds. The summed E-state index contributed by atoms with van der Waals surface area (Å²) in [5, 5.41) is 19.6. The molecule has 9 nitrogen and oxygen atoms in total. The number of aliphatic hydroxyl groups is 1. The van der Waals surface area contributed by atoms with Gasteiger partial charge < -0.3 is 28.9 Å². The van der Waals surface area contributed by atoms with Crippen LogP contribution in [0.1, 0.15) is 0 Å². The highest BCUT2D eigenvalue weighted by Crippen LogP contribution is 2.45. The monoisotopic (exact) mass is 367 g/mol. The molecule has 0 radical (unpaired) electrons. The molecule has 0 aromatic heterocycles. The maximum absolute atomic E-state index is 10.5. The zero-order chi connectivity index (χ0) is 16.0. The summed E-state index contributed by atoms with van der Waals surface area (Å²) >= 11 is 0. The van der Waals surface area contributed by atoms with Gasteiger partial charge in [0, 0.05) is 0 Å². The van der Waals surface area contributed by atoms with Crippen LogP contribution in [0.3, 0.4) is 0 Å². The molecule has 4 heterocycles. The molecule has 0 bridgehead atoms. The van der Waals surface area contributed by atoms with E-state index in [1.165, 1.54) is 0 Å². The van der Waals surface area contributed by atoms with E-state index in [-0.39, 0.29) is 35.4 Å². The van der Waals surface area contributed by atoms with Crippen molar-refractivity contribution >= 4 is 21.6 Å². The Morgan fingerprint density at radius 1 is 0.913 bits per heavy atom. The van der Waals surface area contributed by atoms with E-state index in [2.05, 4.69) is 4.84 Å². The minimum Gasteiger partial charge on any atom is -0.388 e. The van der Waals surface area contributed by atoms with E-state index in [4.69, 9.17) is 18.9 Å². The molecule has 11 heteroatoms. The molecule has 0 spiro atoms. The first-order chi connectivity index (χ1) is 11.1. The molecule has 4 fully saturated rings. The Morgan fingerprint density at radius 3 is 2.17 bits per heavy atom. The second kappa shape index (κ2) is 6.54. The third-order valence-corrected chi connectivity index (χ3v) is 7.70. The minimum absolute atomic E-state index is 0.0794. The van der Waals surface area contributed by atoms with Gasteiger partial charge in [0.05, 0.1) is 36.9 Å². The Hall–Kier alpha value is -0.300. The van der Waals surface area contributed by atoms with Gasteiger partial charge >= 0.3 is 0 Å². The molecule has 0 aliphatic carbocycles. The highest BCUT2D eigenvalue weighted by atomic mass is 33.1. The normalized spacial score (nSPS) is 48.4. The number of nitrogens with zero attached hydrogens (tertiary/aromatic N) is 1. The number of ether oxygens (including phenoxy) is 4. The number of aliphatic hydroxyl groups excluding tert-OH is 1. The van der Waals surface area contributed by atoms with E-state index in [9.17, 15) is 15.2 Å². The highest BCUT2D eigenvalue weighted by Gasteiger charge is 2.51. The smallest absolute Gasteiger partial charge is 0.294 e. The van der Waals surface area contributed by atoms with Crippen LogP contribution in [0.15, 0.2) is 0 Å². The van der Waals surface area contributed by atoms with E-state index < -0.39 is 23.4 Å². The van der Waals surface area contributed by atoms with Crippen molar-refractivity contribution in [2.75, 3.05) is 26.4 Å². The molecule has 130 valence electrons. The number of hydrogen-bond acceptors (Lipinski definition) is 10. The Labute approximate surface area is 139 Å². The lowest BCUT2D eigenvalue weighted by molar-refractivity contribution is -0.769. The lowest BCUT2D eigenvalue weighted by atomic mass is 10.1. The van der Waals surface area contributed by atoms with E-state index in [1.54, 1.807) is 21.6 Å². The third kappa shape index (κ3) is 3.03. The topological polar surface area (TPSA) is 110 Å². The molecule has 4 aliphatic rings. The highest BCUT2D eigenvalue weighted by molar-refractivity contribution is 8.77. The Bertz CT molecular complexity index is 470. The molecule has 8 atom stereocenters. The average Bonchev–Trinajstić information content (AvgIpc) is 3.22. The van der Waals surface area contributed by atoms with Crippen molar-refractivity contribution in [1.82, 2.24) is 0 Å². The molecule has 4 rings (SSSR count).